The highest BCUT2D eigenvalue weighted by Crippen LogP contribution is 2.27. The van der Waals surface area contributed by atoms with Gasteiger partial charge in [0.2, 0.25) is 0 Å². The molecule has 0 bridgehead atoms. The summed E-state index contributed by atoms with van der Waals surface area (Å²) in [6, 6.07) is 0.109. The lowest BCUT2D eigenvalue weighted by atomic mass is 10.2. The molecule has 0 spiro atoms. The molecule has 2 atom stereocenters. The fourth-order valence-corrected chi connectivity index (χ4v) is 2.55. The number of nitrogens with two attached hydrogens (primary N) is 1. The van der Waals surface area contributed by atoms with E-state index in [0.29, 0.717) is 11.4 Å². The van der Waals surface area contributed by atoms with Crippen LogP contribution in [0, 0.1) is 6.92 Å². The highest BCUT2D eigenvalue weighted by atomic mass is 79.9. The molecule has 0 aromatic carbocycles. The fourth-order valence-electron chi connectivity index (χ4n) is 1.32. The lowest BCUT2D eigenvalue weighted by molar-refractivity contribution is 0.683. The Bertz CT molecular complexity index is 411. The molecule has 0 aliphatic heterocycles. The molecule has 1 rings (SSSR count). The fraction of sp³-hybridized carbons (Fsp3) is 0.500. The van der Waals surface area contributed by atoms with Crippen LogP contribution in [0.25, 0.3) is 0 Å². The Labute approximate surface area is 107 Å². The molecule has 90 valence electrons. The highest BCUT2D eigenvalue weighted by molar-refractivity contribution is 9.10. The maximum absolute atomic E-state index is 11.1. The third-order valence-corrected chi connectivity index (χ3v) is 4.11. The predicted molar refractivity (Wildman–Crippen MR) is 73.1 cm³/mol. The number of anilines is 2. The maximum atomic E-state index is 11.1. The molecule has 1 aromatic rings. The van der Waals surface area contributed by atoms with Crippen LogP contribution >= 0.6 is 15.9 Å². The second-order valence-electron chi connectivity index (χ2n) is 3.79. The zero-order valence-corrected chi connectivity index (χ0v) is 12.0. The molecule has 0 saturated heterocycles. The van der Waals surface area contributed by atoms with Crippen molar-refractivity contribution in [2.75, 3.05) is 23.1 Å². The largest absolute Gasteiger partial charge is 0.397 e. The second-order valence-corrected chi connectivity index (χ2v) is 6.06. The van der Waals surface area contributed by atoms with Crippen molar-refractivity contribution in [2.45, 2.75) is 19.9 Å². The van der Waals surface area contributed by atoms with Gasteiger partial charge in [-0.1, -0.05) is 0 Å². The van der Waals surface area contributed by atoms with Crippen molar-refractivity contribution >= 4 is 38.2 Å². The molecule has 16 heavy (non-hydrogen) atoms. The van der Waals surface area contributed by atoms with Crippen LogP contribution < -0.4 is 11.1 Å². The van der Waals surface area contributed by atoms with Crippen LogP contribution in [0.15, 0.2) is 10.7 Å². The van der Waals surface area contributed by atoms with Crippen molar-refractivity contribution in [1.29, 1.82) is 0 Å². The Kier molecular flexibility index (Phi) is 4.73. The number of nitrogen functional groups attached to an aromatic ring is 1. The molecule has 0 radical (unpaired) electrons. The standard InChI is InChI=1S/C10H16BrN3OS/c1-6(5-16(3)15)14-10-9(11)7(2)8(12)4-13-10/h4,6H,5,12H2,1-3H3,(H,13,14). The van der Waals surface area contributed by atoms with Gasteiger partial charge in [0.05, 0.1) is 16.4 Å². The van der Waals surface area contributed by atoms with Crippen molar-refractivity contribution in [3.63, 3.8) is 0 Å². The molecule has 1 heterocycles. The van der Waals surface area contributed by atoms with Gasteiger partial charge in [-0.2, -0.15) is 0 Å². The van der Waals surface area contributed by atoms with Gasteiger partial charge in [-0.15, -0.1) is 0 Å². The van der Waals surface area contributed by atoms with Gasteiger partial charge in [0.15, 0.2) is 0 Å². The molecule has 4 nitrogen and oxygen atoms in total. The normalized spacial score (nSPS) is 14.5. The van der Waals surface area contributed by atoms with Crippen molar-refractivity contribution in [1.82, 2.24) is 4.98 Å². The van der Waals surface area contributed by atoms with Crippen LogP contribution in [0.3, 0.4) is 0 Å². The maximum Gasteiger partial charge on any atom is 0.140 e. The Morgan fingerprint density at radius 2 is 2.31 bits per heavy atom. The minimum absolute atomic E-state index is 0.109. The zero-order chi connectivity index (χ0) is 12.3. The lowest BCUT2D eigenvalue weighted by Gasteiger charge is -2.15. The Balaban J connectivity index is 2.82. The smallest absolute Gasteiger partial charge is 0.140 e. The van der Waals surface area contributed by atoms with E-state index >= 15 is 0 Å². The first-order chi connectivity index (χ1) is 7.41. The second kappa shape index (κ2) is 5.63. The first-order valence-electron chi connectivity index (χ1n) is 4.89. The average Bonchev–Trinajstić information content (AvgIpc) is 2.18. The van der Waals surface area contributed by atoms with E-state index < -0.39 is 10.8 Å². The summed E-state index contributed by atoms with van der Waals surface area (Å²) in [6.45, 7) is 3.90. The van der Waals surface area contributed by atoms with Gasteiger partial charge in [-0.3, -0.25) is 4.21 Å². The summed E-state index contributed by atoms with van der Waals surface area (Å²) < 4.78 is 11.9. The molecular weight excluding hydrogens is 290 g/mol. The predicted octanol–water partition coefficient (Wildman–Crippen LogP) is 1.91. The van der Waals surface area contributed by atoms with E-state index in [2.05, 4.69) is 26.2 Å². The van der Waals surface area contributed by atoms with Gasteiger partial charge >= 0.3 is 0 Å². The minimum Gasteiger partial charge on any atom is -0.397 e. The van der Waals surface area contributed by atoms with E-state index in [9.17, 15) is 4.21 Å². The lowest BCUT2D eigenvalue weighted by Crippen LogP contribution is -2.23. The van der Waals surface area contributed by atoms with Gasteiger partial charge in [-0.25, -0.2) is 4.98 Å². The molecule has 1 aromatic heterocycles. The Hall–Kier alpha value is -0.620. The van der Waals surface area contributed by atoms with Gasteiger partial charge in [0.25, 0.3) is 0 Å². The quantitative estimate of drug-likeness (QED) is 0.892. The molecular formula is C10H16BrN3OS. The average molecular weight is 306 g/mol. The zero-order valence-electron chi connectivity index (χ0n) is 9.58. The van der Waals surface area contributed by atoms with E-state index in [1.165, 1.54) is 0 Å². The number of pyridine rings is 1. The topological polar surface area (TPSA) is 68.0 Å². The van der Waals surface area contributed by atoms with E-state index in [1.54, 1.807) is 12.5 Å². The van der Waals surface area contributed by atoms with Crippen LogP contribution in [-0.2, 0) is 10.8 Å². The highest BCUT2D eigenvalue weighted by Gasteiger charge is 2.10. The van der Waals surface area contributed by atoms with Crippen LogP contribution in [-0.4, -0.2) is 27.2 Å². The number of nitrogens with one attached hydrogen (secondary N) is 1. The number of hydrogen-bond donors (Lipinski definition) is 2. The van der Waals surface area contributed by atoms with Gasteiger partial charge in [-0.05, 0) is 35.3 Å². The summed E-state index contributed by atoms with van der Waals surface area (Å²) in [5.41, 5.74) is 7.35. The number of rotatable bonds is 4. The van der Waals surface area contributed by atoms with Crippen molar-refractivity contribution in [3.05, 3.63) is 16.2 Å². The van der Waals surface area contributed by atoms with Gasteiger partial charge in [0, 0.05) is 28.9 Å². The van der Waals surface area contributed by atoms with Crippen molar-refractivity contribution in [2.24, 2.45) is 0 Å². The van der Waals surface area contributed by atoms with Crippen LogP contribution in [0.5, 0.6) is 0 Å². The Morgan fingerprint density at radius 1 is 1.69 bits per heavy atom. The summed E-state index contributed by atoms with van der Waals surface area (Å²) in [7, 11) is -0.816. The van der Waals surface area contributed by atoms with Crippen molar-refractivity contribution in [3.8, 4) is 0 Å². The van der Waals surface area contributed by atoms with Gasteiger partial charge in [0.1, 0.15) is 5.82 Å². The molecule has 3 N–H and O–H groups in total. The summed E-state index contributed by atoms with van der Waals surface area (Å²) in [4.78, 5) is 4.20. The third-order valence-electron chi connectivity index (χ3n) is 2.17. The van der Waals surface area contributed by atoms with Crippen LogP contribution in [0.2, 0.25) is 0 Å². The van der Waals surface area contributed by atoms with E-state index in [0.717, 1.165) is 15.9 Å². The molecule has 2 unspecified atom stereocenters. The number of halogens is 1. The first kappa shape index (κ1) is 13.4. The molecule has 0 amide bonds. The van der Waals surface area contributed by atoms with Crippen LogP contribution in [0.1, 0.15) is 12.5 Å². The SMILES string of the molecule is Cc1c(N)cnc(NC(C)CS(C)=O)c1Br. The summed E-state index contributed by atoms with van der Waals surface area (Å²) in [5, 5.41) is 3.20. The van der Waals surface area contributed by atoms with E-state index in [1.807, 2.05) is 13.8 Å². The number of nitrogens with zero attached hydrogens (tertiary/aromatic N) is 1. The number of aromatic nitrogens is 1. The Morgan fingerprint density at radius 3 is 2.88 bits per heavy atom. The van der Waals surface area contributed by atoms with Crippen LogP contribution in [0.4, 0.5) is 11.5 Å². The summed E-state index contributed by atoms with van der Waals surface area (Å²) >= 11 is 3.44. The summed E-state index contributed by atoms with van der Waals surface area (Å²) in [6.07, 6.45) is 3.31. The molecule has 6 heteroatoms. The van der Waals surface area contributed by atoms with Gasteiger partial charge < -0.3 is 11.1 Å². The van der Waals surface area contributed by atoms with E-state index in [4.69, 9.17) is 5.73 Å². The summed E-state index contributed by atoms with van der Waals surface area (Å²) in [5.74, 6) is 1.34. The van der Waals surface area contributed by atoms with E-state index in [-0.39, 0.29) is 6.04 Å². The number of hydrogen-bond acceptors (Lipinski definition) is 4. The molecule has 0 fully saturated rings. The monoisotopic (exact) mass is 305 g/mol. The molecule has 0 aliphatic rings. The molecule has 0 saturated carbocycles. The minimum atomic E-state index is -0.816. The third kappa shape index (κ3) is 3.45. The van der Waals surface area contributed by atoms with Crippen molar-refractivity contribution < 1.29 is 4.21 Å². The molecule has 0 aliphatic carbocycles. The first-order valence-corrected chi connectivity index (χ1v) is 7.41.